The van der Waals surface area contributed by atoms with Crippen molar-refractivity contribution in [3.05, 3.63) is 53.6 Å². The van der Waals surface area contributed by atoms with Gasteiger partial charge in [-0.3, -0.25) is 0 Å². The van der Waals surface area contributed by atoms with Gasteiger partial charge in [0.1, 0.15) is 5.75 Å². The van der Waals surface area contributed by atoms with Crippen molar-refractivity contribution >= 4 is 6.09 Å². The lowest BCUT2D eigenvalue weighted by atomic mass is 9.94. The van der Waals surface area contributed by atoms with Crippen molar-refractivity contribution in [3.8, 4) is 17.2 Å². The highest BCUT2D eigenvalue weighted by Gasteiger charge is 2.29. The predicted molar refractivity (Wildman–Crippen MR) is 90.7 cm³/mol. The van der Waals surface area contributed by atoms with Gasteiger partial charge >= 0.3 is 6.09 Å². The fourth-order valence-electron chi connectivity index (χ4n) is 2.96. The van der Waals surface area contributed by atoms with E-state index < -0.39 is 0 Å². The summed E-state index contributed by atoms with van der Waals surface area (Å²) in [6.07, 6.45) is 0.411. The Balaban J connectivity index is 1.82. The van der Waals surface area contributed by atoms with Crippen LogP contribution in [0.25, 0.3) is 0 Å². The van der Waals surface area contributed by atoms with E-state index in [-0.39, 0.29) is 12.1 Å². The molecule has 5 nitrogen and oxygen atoms in total. The minimum absolute atomic E-state index is 0.0480. The Morgan fingerprint density at radius 2 is 1.67 bits per heavy atom. The minimum Gasteiger partial charge on any atom is -0.493 e. The third-order valence-electron chi connectivity index (χ3n) is 4.28. The minimum atomic E-state index is -0.339. The van der Waals surface area contributed by atoms with E-state index in [1.54, 1.807) is 31.3 Å². The summed E-state index contributed by atoms with van der Waals surface area (Å²) in [5, 5.41) is 0. The van der Waals surface area contributed by atoms with Crippen molar-refractivity contribution in [2.75, 3.05) is 14.2 Å². The van der Waals surface area contributed by atoms with E-state index in [1.807, 2.05) is 37.3 Å². The zero-order valence-corrected chi connectivity index (χ0v) is 14.1. The molecule has 1 atom stereocenters. The average Bonchev–Trinajstić information content (AvgIpc) is 2.60. The number of hydrogen-bond acceptors (Lipinski definition) is 4. The molecule has 24 heavy (non-hydrogen) atoms. The van der Waals surface area contributed by atoms with Gasteiger partial charge in [-0.05, 0) is 48.7 Å². The van der Waals surface area contributed by atoms with Gasteiger partial charge in [-0.25, -0.2) is 4.79 Å². The molecule has 5 heteroatoms. The van der Waals surface area contributed by atoms with E-state index in [4.69, 9.17) is 14.2 Å². The Bertz CT molecular complexity index is 730. The van der Waals surface area contributed by atoms with Gasteiger partial charge < -0.3 is 19.1 Å². The Morgan fingerprint density at radius 3 is 2.29 bits per heavy atom. The number of fused-ring (bicyclic) bond motifs is 1. The summed E-state index contributed by atoms with van der Waals surface area (Å²) in [4.78, 5) is 14.3. The zero-order chi connectivity index (χ0) is 17.1. The highest BCUT2D eigenvalue weighted by Crippen LogP contribution is 2.34. The lowest BCUT2D eigenvalue weighted by molar-refractivity contribution is 0.126. The third kappa shape index (κ3) is 3.15. The maximum absolute atomic E-state index is 12.5. The van der Waals surface area contributed by atoms with Crippen LogP contribution in [0.2, 0.25) is 0 Å². The van der Waals surface area contributed by atoms with Crippen LogP contribution in [0.3, 0.4) is 0 Å². The van der Waals surface area contributed by atoms with Crippen LogP contribution in [0.1, 0.15) is 18.1 Å². The summed E-state index contributed by atoms with van der Waals surface area (Å²) in [6, 6.07) is 13.1. The predicted octanol–water partition coefficient (Wildman–Crippen LogP) is 3.65. The maximum atomic E-state index is 12.5. The van der Waals surface area contributed by atoms with Gasteiger partial charge in [0.15, 0.2) is 11.5 Å². The Kier molecular flexibility index (Phi) is 4.60. The number of rotatable bonds is 3. The fourth-order valence-corrected chi connectivity index (χ4v) is 2.96. The van der Waals surface area contributed by atoms with Gasteiger partial charge in [-0.1, -0.05) is 18.2 Å². The first-order valence-corrected chi connectivity index (χ1v) is 7.89. The summed E-state index contributed by atoms with van der Waals surface area (Å²) >= 11 is 0. The Hall–Kier alpha value is -2.69. The van der Waals surface area contributed by atoms with Gasteiger partial charge in [-0.2, -0.15) is 0 Å². The van der Waals surface area contributed by atoms with Gasteiger partial charge in [-0.15, -0.1) is 0 Å². The van der Waals surface area contributed by atoms with Crippen molar-refractivity contribution in [1.29, 1.82) is 0 Å². The van der Waals surface area contributed by atoms with E-state index in [0.29, 0.717) is 23.8 Å². The number of carbonyl (C=O) groups excluding carboxylic acids is 1. The number of para-hydroxylation sites is 1. The molecule has 0 saturated carbocycles. The van der Waals surface area contributed by atoms with Crippen LogP contribution < -0.4 is 14.2 Å². The first kappa shape index (κ1) is 16.2. The van der Waals surface area contributed by atoms with E-state index in [2.05, 4.69) is 0 Å². The number of methoxy groups -OCH3 is 2. The third-order valence-corrected chi connectivity index (χ3v) is 4.28. The molecule has 0 spiro atoms. The van der Waals surface area contributed by atoms with Crippen LogP contribution in [0, 0.1) is 0 Å². The second-order valence-electron chi connectivity index (χ2n) is 5.84. The molecule has 1 amide bonds. The molecule has 1 unspecified atom stereocenters. The molecule has 0 N–H and O–H groups in total. The van der Waals surface area contributed by atoms with Crippen LogP contribution in [0.5, 0.6) is 17.2 Å². The summed E-state index contributed by atoms with van der Waals surface area (Å²) < 4.78 is 16.2. The van der Waals surface area contributed by atoms with Crippen molar-refractivity contribution in [3.63, 3.8) is 0 Å². The normalized spacial score (nSPS) is 16.3. The van der Waals surface area contributed by atoms with Crippen LogP contribution in [0.15, 0.2) is 42.5 Å². The average molecular weight is 327 g/mol. The van der Waals surface area contributed by atoms with E-state index in [1.165, 1.54) is 5.56 Å². The van der Waals surface area contributed by atoms with Gasteiger partial charge in [0, 0.05) is 12.6 Å². The van der Waals surface area contributed by atoms with Gasteiger partial charge in [0.05, 0.1) is 14.2 Å². The maximum Gasteiger partial charge on any atom is 0.415 e. The summed E-state index contributed by atoms with van der Waals surface area (Å²) in [5.41, 5.74) is 2.22. The van der Waals surface area contributed by atoms with Crippen molar-refractivity contribution in [2.24, 2.45) is 0 Å². The van der Waals surface area contributed by atoms with Crippen LogP contribution in [0.4, 0.5) is 4.79 Å². The van der Waals surface area contributed by atoms with E-state index >= 15 is 0 Å². The first-order valence-electron chi connectivity index (χ1n) is 7.89. The molecule has 0 aromatic heterocycles. The molecule has 3 rings (SSSR count). The molecule has 1 aliphatic rings. The number of benzene rings is 2. The first-order chi connectivity index (χ1) is 11.6. The van der Waals surface area contributed by atoms with Crippen molar-refractivity contribution < 1.29 is 19.0 Å². The summed E-state index contributed by atoms with van der Waals surface area (Å²) in [6.45, 7) is 2.51. The number of amides is 1. The topological polar surface area (TPSA) is 48.0 Å². The quantitative estimate of drug-likeness (QED) is 0.863. The molecule has 1 aliphatic heterocycles. The van der Waals surface area contributed by atoms with Crippen LogP contribution >= 0.6 is 0 Å². The van der Waals surface area contributed by atoms with Crippen LogP contribution in [-0.4, -0.2) is 31.3 Å². The van der Waals surface area contributed by atoms with E-state index in [0.717, 1.165) is 12.0 Å². The molecule has 0 fully saturated rings. The molecule has 2 aromatic rings. The van der Waals surface area contributed by atoms with Crippen molar-refractivity contribution in [1.82, 2.24) is 4.90 Å². The Morgan fingerprint density at radius 1 is 1.04 bits per heavy atom. The van der Waals surface area contributed by atoms with Crippen LogP contribution in [-0.2, 0) is 13.0 Å². The number of ether oxygens (including phenoxy) is 3. The fraction of sp³-hybridized carbons (Fsp3) is 0.316. The second kappa shape index (κ2) is 6.83. The van der Waals surface area contributed by atoms with Gasteiger partial charge in [0.25, 0.3) is 0 Å². The lowest BCUT2D eigenvalue weighted by Gasteiger charge is -2.34. The number of carbonyl (C=O) groups is 1. The zero-order valence-electron chi connectivity index (χ0n) is 14.1. The smallest absolute Gasteiger partial charge is 0.415 e. The molecular formula is C19H21NO4. The highest BCUT2D eigenvalue weighted by molar-refractivity contribution is 5.71. The molecule has 1 heterocycles. The highest BCUT2D eigenvalue weighted by atomic mass is 16.6. The monoisotopic (exact) mass is 327 g/mol. The molecule has 126 valence electrons. The van der Waals surface area contributed by atoms with Gasteiger partial charge in [0.2, 0.25) is 0 Å². The Labute approximate surface area is 141 Å². The SMILES string of the molecule is COc1cc2c(cc1OC)CN(C(=O)Oc1ccccc1)C(C)C2. The number of nitrogens with zero attached hydrogens (tertiary/aromatic N) is 1. The molecular weight excluding hydrogens is 306 g/mol. The summed E-state index contributed by atoms with van der Waals surface area (Å²) in [5.74, 6) is 1.93. The standard InChI is InChI=1S/C19H21NO4/c1-13-9-14-10-17(22-2)18(23-3)11-15(14)12-20(13)19(21)24-16-7-5-4-6-8-16/h4-8,10-11,13H,9,12H2,1-3H3. The molecule has 2 aromatic carbocycles. The largest absolute Gasteiger partial charge is 0.493 e. The lowest BCUT2D eigenvalue weighted by Crippen LogP contribution is -2.44. The number of hydrogen-bond donors (Lipinski definition) is 0. The second-order valence-corrected chi connectivity index (χ2v) is 5.84. The summed E-state index contributed by atoms with van der Waals surface area (Å²) in [7, 11) is 3.23. The molecule has 0 saturated heterocycles. The molecule has 0 aliphatic carbocycles. The molecule has 0 bridgehead atoms. The molecule has 0 radical (unpaired) electrons. The van der Waals surface area contributed by atoms with Crippen molar-refractivity contribution in [2.45, 2.75) is 25.9 Å². The van der Waals surface area contributed by atoms with E-state index in [9.17, 15) is 4.79 Å².